The number of hydrogen-bond donors (Lipinski definition) is 1. The Kier molecular flexibility index (Phi) is 6.38. The molecule has 9 heteroatoms. The van der Waals surface area contributed by atoms with Crippen LogP contribution in [0.4, 0.5) is 5.69 Å². The molecule has 192 valence electrons. The summed E-state index contributed by atoms with van der Waals surface area (Å²) in [7, 11) is 1.58. The summed E-state index contributed by atoms with van der Waals surface area (Å²) in [6.07, 6.45) is 9.13. The molecule has 5 rings (SSSR count). The first-order chi connectivity index (χ1) is 17.4. The molecular weight excluding hydrogens is 464 g/mol. The molecule has 2 amide bonds. The molecule has 36 heavy (non-hydrogen) atoms. The normalized spacial score (nSPS) is 33.1. The quantitative estimate of drug-likeness (QED) is 0.349. The van der Waals surface area contributed by atoms with Crippen LogP contribution in [0.5, 0.6) is 5.75 Å². The monoisotopic (exact) mass is 496 g/mol. The van der Waals surface area contributed by atoms with Crippen LogP contribution >= 0.6 is 0 Å². The van der Waals surface area contributed by atoms with E-state index >= 15 is 0 Å². The van der Waals surface area contributed by atoms with Crippen LogP contribution in [0.3, 0.4) is 0 Å². The van der Waals surface area contributed by atoms with Gasteiger partial charge in [0, 0.05) is 25.4 Å². The lowest BCUT2D eigenvalue weighted by atomic mass is 9.75. The van der Waals surface area contributed by atoms with E-state index in [0.717, 1.165) is 0 Å². The van der Waals surface area contributed by atoms with E-state index in [9.17, 15) is 19.5 Å². The fraction of sp³-hybridized carbons (Fsp3) is 0.519. The third-order valence-corrected chi connectivity index (χ3v) is 7.75. The summed E-state index contributed by atoms with van der Waals surface area (Å²) in [4.78, 5) is 44.6. The molecule has 4 aliphatic heterocycles. The number of fused-ring (bicyclic) bond motifs is 2. The van der Waals surface area contributed by atoms with Gasteiger partial charge in [0.2, 0.25) is 5.91 Å². The van der Waals surface area contributed by atoms with Gasteiger partial charge in [0.1, 0.15) is 29.9 Å². The number of carbonyl (C=O) groups excluding carboxylic acids is 3. The first kappa shape index (κ1) is 24.5. The number of nitrogens with zero attached hydrogens (tertiary/aromatic N) is 2. The van der Waals surface area contributed by atoms with Crippen molar-refractivity contribution in [1.82, 2.24) is 4.90 Å². The number of ether oxygens (including phenoxy) is 3. The zero-order chi connectivity index (χ0) is 25.5. The van der Waals surface area contributed by atoms with Crippen LogP contribution in [0.25, 0.3) is 0 Å². The highest BCUT2D eigenvalue weighted by molar-refractivity contribution is 6.05. The fourth-order valence-corrected chi connectivity index (χ4v) is 6.16. The number of aliphatic hydroxyl groups excluding tert-OH is 1. The number of amides is 2. The minimum absolute atomic E-state index is 0.0680. The summed E-state index contributed by atoms with van der Waals surface area (Å²) in [6, 6.07) is 6.25. The maximum Gasteiger partial charge on any atom is 0.313 e. The summed E-state index contributed by atoms with van der Waals surface area (Å²) < 4.78 is 17.3. The molecule has 1 aromatic rings. The smallest absolute Gasteiger partial charge is 0.313 e. The van der Waals surface area contributed by atoms with E-state index in [1.807, 2.05) is 24.3 Å². The van der Waals surface area contributed by atoms with Crippen molar-refractivity contribution in [3.05, 3.63) is 48.6 Å². The van der Waals surface area contributed by atoms with E-state index in [-0.39, 0.29) is 25.0 Å². The first-order valence-electron chi connectivity index (χ1n) is 12.5. The van der Waals surface area contributed by atoms with Gasteiger partial charge < -0.3 is 29.1 Å². The topological polar surface area (TPSA) is 106 Å². The third-order valence-electron chi connectivity index (χ3n) is 7.75. The molecule has 0 saturated carbocycles. The van der Waals surface area contributed by atoms with Gasteiger partial charge in [0.15, 0.2) is 0 Å². The number of esters is 1. The molecule has 1 unspecified atom stereocenters. The Hall–Kier alpha value is -3.17. The van der Waals surface area contributed by atoms with Crippen LogP contribution in [-0.4, -0.2) is 78.4 Å². The van der Waals surface area contributed by atoms with Crippen molar-refractivity contribution in [3.63, 3.8) is 0 Å². The van der Waals surface area contributed by atoms with Gasteiger partial charge in [-0.3, -0.25) is 14.4 Å². The number of likely N-dealkylation sites (tertiary alicyclic amines) is 1. The maximum atomic E-state index is 14.2. The van der Waals surface area contributed by atoms with Gasteiger partial charge >= 0.3 is 5.97 Å². The zero-order valence-corrected chi connectivity index (χ0v) is 20.6. The van der Waals surface area contributed by atoms with Gasteiger partial charge in [-0.1, -0.05) is 18.2 Å². The highest BCUT2D eigenvalue weighted by Gasteiger charge is 2.74. The number of methoxy groups -OCH3 is 1. The molecule has 0 aliphatic carbocycles. The van der Waals surface area contributed by atoms with Crippen molar-refractivity contribution < 1.29 is 33.7 Å². The number of hydrogen-bond acceptors (Lipinski definition) is 7. The molecule has 4 heterocycles. The van der Waals surface area contributed by atoms with Gasteiger partial charge in [-0.25, -0.2) is 0 Å². The molecule has 0 aromatic heterocycles. The molecular formula is C27H32N2O7. The zero-order valence-electron chi connectivity index (χ0n) is 20.6. The second-order valence-electron chi connectivity index (χ2n) is 9.89. The molecule has 2 fully saturated rings. The Morgan fingerprint density at radius 1 is 1.03 bits per heavy atom. The lowest BCUT2D eigenvalue weighted by molar-refractivity contribution is -0.156. The predicted octanol–water partition coefficient (Wildman–Crippen LogP) is 1.84. The predicted molar refractivity (Wildman–Crippen MR) is 130 cm³/mol. The number of anilines is 1. The average molecular weight is 497 g/mol. The van der Waals surface area contributed by atoms with Crippen LogP contribution in [0, 0.1) is 11.8 Å². The number of cyclic esters (lactones) is 1. The number of aliphatic hydroxyl groups is 1. The molecule has 1 aromatic carbocycles. The van der Waals surface area contributed by atoms with E-state index in [1.54, 1.807) is 48.1 Å². The number of unbranched alkanes of at least 4 members (excludes halogenated alkanes) is 2. The molecule has 0 radical (unpaired) electrons. The lowest BCUT2D eigenvalue weighted by Gasteiger charge is -2.37. The van der Waals surface area contributed by atoms with Crippen molar-refractivity contribution >= 4 is 23.5 Å². The summed E-state index contributed by atoms with van der Waals surface area (Å²) in [5, 5.41) is 9.18. The standard InChI is InChI=1S/C27H32N2O7/c1-26-12-7-17-35-25(33)21(26)20-23(31)29(14-4-3-5-16-30)22-24(32)28(15-6-13-27(20,22)36-26)18-8-10-19(34-2)11-9-18/h6-13,20-22,30H,3-5,14-17H2,1-2H3/t20-,21+,22?,26-,27-/m0/s1. The van der Waals surface area contributed by atoms with E-state index < -0.39 is 35.0 Å². The SMILES string of the molecule is COc1ccc(N2CC=C[C@]34O[C@@]5(C)C=CCOC(=O)[C@H]5[C@H]3C(=O)N(CCCCCO)C4C2=O)cc1. The molecule has 2 saturated heterocycles. The Bertz CT molecular complexity index is 1100. The average Bonchev–Trinajstić information content (AvgIpc) is 3.12. The van der Waals surface area contributed by atoms with Crippen molar-refractivity contribution in [3.8, 4) is 5.75 Å². The molecule has 1 spiro atoms. The van der Waals surface area contributed by atoms with Gasteiger partial charge in [-0.15, -0.1) is 0 Å². The lowest BCUT2D eigenvalue weighted by Crippen LogP contribution is -2.56. The van der Waals surface area contributed by atoms with Crippen molar-refractivity contribution in [2.75, 3.05) is 38.3 Å². The van der Waals surface area contributed by atoms with E-state index in [2.05, 4.69) is 0 Å². The summed E-state index contributed by atoms with van der Waals surface area (Å²) in [5.74, 6) is -2.10. The van der Waals surface area contributed by atoms with Crippen molar-refractivity contribution in [2.45, 2.75) is 43.4 Å². The molecule has 5 atom stereocenters. The van der Waals surface area contributed by atoms with E-state index in [1.165, 1.54) is 0 Å². The summed E-state index contributed by atoms with van der Waals surface area (Å²) >= 11 is 0. The van der Waals surface area contributed by atoms with Gasteiger partial charge in [0.05, 0.1) is 18.6 Å². The Morgan fingerprint density at radius 3 is 2.53 bits per heavy atom. The highest BCUT2D eigenvalue weighted by atomic mass is 16.6. The highest BCUT2D eigenvalue weighted by Crippen LogP contribution is 2.57. The number of benzene rings is 1. The minimum Gasteiger partial charge on any atom is -0.497 e. The third kappa shape index (κ3) is 3.72. The van der Waals surface area contributed by atoms with E-state index in [4.69, 9.17) is 14.2 Å². The second-order valence-corrected chi connectivity index (χ2v) is 9.89. The van der Waals surface area contributed by atoms with E-state index in [0.29, 0.717) is 43.8 Å². The second kappa shape index (κ2) is 9.37. The Morgan fingerprint density at radius 2 is 1.81 bits per heavy atom. The minimum atomic E-state index is -1.30. The molecule has 0 bridgehead atoms. The molecule has 9 nitrogen and oxygen atoms in total. The largest absolute Gasteiger partial charge is 0.497 e. The van der Waals surface area contributed by atoms with Gasteiger partial charge in [0.25, 0.3) is 5.91 Å². The summed E-state index contributed by atoms with van der Waals surface area (Å²) in [6.45, 7) is 2.60. The number of carbonyl (C=O) groups is 3. The van der Waals surface area contributed by atoms with Crippen LogP contribution in [0.1, 0.15) is 26.2 Å². The molecule has 1 N–H and O–H groups in total. The number of rotatable bonds is 7. The van der Waals surface area contributed by atoms with Crippen molar-refractivity contribution in [2.24, 2.45) is 11.8 Å². The molecule has 4 aliphatic rings. The van der Waals surface area contributed by atoms with Crippen LogP contribution in [0.15, 0.2) is 48.6 Å². The van der Waals surface area contributed by atoms with Crippen molar-refractivity contribution in [1.29, 1.82) is 0 Å². The summed E-state index contributed by atoms with van der Waals surface area (Å²) in [5.41, 5.74) is -1.70. The van der Waals surface area contributed by atoms with Gasteiger partial charge in [-0.2, -0.15) is 0 Å². The fourth-order valence-electron chi connectivity index (χ4n) is 6.16. The Labute approximate surface area is 210 Å². The first-order valence-corrected chi connectivity index (χ1v) is 12.5. The van der Waals surface area contributed by atoms with Gasteiger partial charge in [-0.05, 0) is 56.5 Å². The Balaban J connectivity index is 1.57. The maximum absolute atomic E-state index is 14.2. The van der Waals surface area contributed by atoms with Crippen LogP contribution < -0.4 is 9.64 Å². The van der Waals surface area contributed by atoms with Crippen LogP contribution in [0.2, 0.25) is 0 Å². The van der Waals surface area contributed by atoms with Crippen LogP contribution in [-0.2, 0) is 23.9 Å².